The van der Waals surface area contributed by atoms with Crippen LogP contribution in [0.1, 0.15) is 11.8 Å². The topological polar surface area (TPSA) is 95.4 Å². The van der Waals surface area contributed by atoms with Crippen molar-refractivity contribution in [3.63, 3.8) is 0 Å². The van der Waals surface area contributed by atoms with Crippen LogP contribution >= 0.6 is 0 Å². The summed E-state index contributed by atoms with van der Waals surface area (Å²) in [6, 6.07) is 4.50. The van der Waals surface area contributed by atoms with E-state index in [9.17, 15) is 8.42 Å². The largest absolute Gasteiger partial charge is 0.440 e. The molecule has 0 saturated carbocycles. The van der Waals surface area contributed by atoms with Gasteiger partial charge < -0.3 is 14.9 Å². The maximum Gasteiger partial charge on any atom is 0.202 e. The second-order valence-corrected chi connectivity index (χ2v) is 6.78. The van der Waals surface area contributed by atoms with E-state index in [1.54, 1.807) is 6.07 Å². The fourth-order valence-corrected chi connectivity index (χ4v) is 2.78. The van der Waals surface area contributed by atoms with Crippen LogP contribution in [0.4, 0.5) is 0 Å². The van der Waals surface area contributed by atoms with E-state index < -0.39 is 9.84 Å². The molecule has 1 fully saturated rings. The van der Waals surface area contributed by atoms with Gasteiger partial charge in [0.15, 0.2) is 15.4 Å². The van der Waals surface area contributed by atoms with Gasteiger partial charge in [-0.3, -0.25) is 0 Å². The van der Waals surface area contributed by atoms with Crippen LogP contribution in [-0.4, -0.2) is 38.9 Å². The maximum atomic E-state index is 11.5. The molecule has 2 heterocycles. The average Bonchev–Trinajstić information content (AvgIpc) is 2.91. The number of fused-ring (bicyclic) bond motifs is 1. The van der Waals surface area contributed by atoms with Crippen LogP contribution in [0.2, 0.25) is 0 Å². The van der Waals surface area contributed by atoms with Gasteiger partial charge in [-0.15, -0.1) is 0 Å². The number of sulfone groups is 1. The molecule has 3 rings (SSSR count). The first-order chi connectivity index (χ1) is 8.95. The molecule has 2 aromatic rings. The van der Waals surface area contributed by atoms with Crippen LogP contribution in [0, 0.1) is 0 Å². The van der Waals surface area contributed by atoms with Crippen molar-refractivity contribution >= 4 is 20.9 Å². The highest BCUT2D eigenvalue weighted by Gasteiger charge is 2.30. The van der Waals surface area contributed by atoms with E-state index in [1.807, 2.05) is 0 Å². The fourth-order valence-electron chi connectivity index (χ4n) is 2.14. The Kier molecular flexibility index (Phi) is 2.84. The fraction of sp³-hybridized carbons (Fsp3) is 0.417. The predicted molar refractivity (Wildman–Crippen MR) is 68.7 cm³/mol. The summed E-state index contributed by atoms with van der Waals surface area (Å²) in [5.74, 6) is 0.430. The summed E-state index contributed by atoms with van der Waals surface area (Å²) in [7, 11) is -3.25. The van der Waals surface area contributed by atoms with Crippen LogP contribution in [0.15, 0.2) is 27.5 Å². The molecule has 1 aromatic heterocycles. The Balaban J connectivity index is 2.06. The van der Waals surface area contributed by atoms with E-state index in [0.29, 0.717) is 30.2 Å². The van der Waals surface area contributed by atoms with Crippen molar-refractivity contribution in [2.75, 3.05) is 19.5 Å². The molecule has 0 radical (unpaired) electrons. The SMILES string of the molecule is CS(=O)(=O)c1ccc2oc(C3COCC3N)nc2c1. The van der Waals surface area contributed by atoms with Crippen molar-refractivity contribution in [2.24, 2.45) is 5.73 Å². The van der Waals surface area contributed by atoms with Crippen molar-refractivity contribution in [3.8, 4) is 0 Å². The predicted octanol–water partition coefficient (Wildman–Crippen LogP) is 0.672. The van der Waals surface area contributed by atoms with Crippen molar-refractivity contribution in [2.45, 2.75) is 16.9 Å². The first-order valence-corrected chi connectivity index (χ1v) is 7.78. The summed E-state index contributed by atoms with van der Waals surface area (Å²) in [6.07, 6.45) is 1.16. The number of rotatable bonds is 2. The molecule has 2 N–H and O–H groups in total. The molecule has 0 bridgehead atoms. The van der Waals surface area contributed by atoms with Crippen molar-refractivity contribution in [1.29, 1.82) is 0 Å². The minimum absolute atomic E-state index is 0.0749. The molecule has 1 aliphatic rings. The molecule has 2 atom stereocenters. The van der Waals surface area contributed by atoms with Gasteiger partial charge in [-0.2, -0.15) is 0 Å². The van der Waals surface area contributed by atoms with Gasteiger partial charge in [0.2, 0.25) is 5.89 Å². The third-order valence-electron chi connectivity index (χ3n) is 3.25. The third-order valence-corrected chi connectivity index (χ3v) is 4.36. The monoisotopic (exact) mass is 282 g/mol. The highest BCUT2D eigenvalue weighted by atomic mass is 32.2. The van der Waals surface area contributed by atoms with Gasteiger partial charge in [0.25, 0.3) is 0 Å². The summed E-state index contributed by atoms with van der Waals surface area (Å²) < 4.78 is 33.9. The molecule has 0 amide bonds. The van der Waals surface area contributed by atoms with E-state index in [0.717, 1.165) is 6.26 Å². The van der Waals surface area contributed by atoms with Gasteiger partial charge in [0, 0.05) is 12.3 Å². The molecular weight excluding hydrogens is 268 g/mol. The molecule has 102 valence electrons. The molecule has 0 spiro atoms. The summed E-state index contributed by atoms with van der Waals surface area (Å²) in [4.78, 5) is 4.56. The van der Waals surface area contributed by atoms with E-state index in [2.05, 4.69) is 4.98 Å². The van der Waals surface area contributed by atoms with Crippen molar-refractivity contribution in [1.82, 2.24) is 4.98 Å². The first-order valence-electron chi connectivity index (χ1n) is 5.89. The van der Waals surface area contributed by atoms with Gasteiger partial charge in [0.1, 0.15) is 5.52 Å². The van der Waals surface area contributed by atoms with Crippen LogP contribution in [-0.2, 0) is 14.6 Å². The molecule has 2 unspecified atom stereocenters. The molecule has 7 heteroatoms. The van der Waals surface area contributed by atoms with Crippen LogP contribution in [0.5, 0.6) is 0 Å². The van der Waals surface area contributed by atoms with Crippen LogP contribution in [0.3, 0.4) is 0 Å². The van der Waals surface area contributed by atoms with Crippen molar-refractivity contribution < 1.29 is 17.6 Å². The van der Waals surface area contributed by atoms with Crippen molar-refractivity contribution in [3.05, 3.63) is 24.1 Å². The van der Waals surface area contributed by atoms with E-state index in [1.165, 1.54) is 12.1 Å². The lowest BCUT2D eigenvalue weighted by Crippen LogP contribution is -2.26. The summed E-state index contributed by atoms with van der Waals surface area (Å²) in [6.45, 7) is 0.963. The van der Waals surface area contributed by atoms with E-state index >= 15 is 0 Å². The second-order valence-electron chi connectivity index (χ2n) is 4.76. The zero-order valence-corrected chi connectivity index (χ0v) is 11.2. The molecule has 1 saturated heterocycles. The van der Waals surface area contributed by atoms with E-state index in [-0.39, 0.29) is 16.9 Å². The van der Waals surface area contributed by atoms with Gasteiger partial charge in [0.05, 0.1) is 24.0 Å². The molecule has 19 heavy (non-hydrogen) atoms. The van der Waals surface area contributed by atoms with Gasteiger partial charge in [-0.25, -0.2) is 13.4 Å². The smallest absolute Gasteiger partial charge is 0.202 e. The highest BCUT2D eigenvalue weighted by Crippen LogP contribution is 2.28. The Morgan fingerprint density at radius 1 is 1.37 bits per heavy atom. The molecule has 0 aliphatic carbocycles. The van der Waals surface area contributed by atoms with Crippen LogP contribution < -0.4 is 5.73 Å². The number of hydrogen-bond donors (Lipinski definition) is 1. The molecule has 6 nitrogen and oxygen atoms in total. The average molecular weight is 282 g/mol. The summed E-state index contributed by atoms with van der Waals surface area (Å²) in [5, 5.41) is 0. The lowest BCUT2D eigenvalue weighted by molar-refractivity contribution is 0.188. The number of hydrogen-bond acceptors (Lipinski definition) is 6. The lowest BCUT2D eigenvalue weighted by Gasteiger charge is -2.07. The minimum atomic E-state index is -3.25. The van der Waals surface area contributed by atoms with Gasteiger partial charge >= 0.3 is 0 Å². The quantitative estimate of drug-likeness (QED) is 0.870. The summed E-state index contributed by atoms with van der Waals surface area (Å²) >= 11 is 0. The van der Waals surface area contributed by atoms with Gasteiger partial charge in [-0.1, -0.05) is 0 Å². The Morgan fingerprint density at radius 3 is 2.79 bits per heavy atom. The maximum absolute atomic E-state index is 11.5. The number of nitrogens with two attached hydrogens (primary N) is 1. The van der Waals surface area contributed by atoms with Crippen LogP contribution in [0.25, 0.3) is 11.1 Å². The zero-order chi connectivity index (χ0) is 13.6. The zero-order valence-electron chi connectivity index (χ0n) is 10.4. The van der Waals surface area contributed by atoms with E-state index in [4.69, 9.17) is 14.9 Å². The number of benzene rings is 1. The van der Waals surface area contributed by atoms with Gasteiger partial charge in [-0.05, 0) is 18.2 Å². The second kappa shape index (κ2) is 4.29. The first kappa shape index (κ1) is 12.6. The molecule has 1 aromatic carbocycles. The standard InChI is InChI=1S/C12H14N2O4S/c1-19(15,16)7-2-3-11-10(4-7)14-12(18-11)8-5-17-6-9(8)13/h2-4,8-9H,5-6,13H2,1H3. The number of aromatic nitrogens is 1. The Labute approximate surface area is 110 Å². The normalized spacial score (nSPS) is 24.1. The highest BCUT2D eigenvalue weighted by molar-refractivity contribution is 7.90. The molecular formula is C12H14N2O4S. The number of nitrogens with zero attached hydrogens (tertiary/aromatic N) is 1. The Hall–Kier alpha value is -1.44. The Morgan fingerprint density at radius 2 is 2.16 bits per heavy atom. The minimum Gasteiger partial charge on any atom is -0.440 e. The number of oxazole rings is 1. The number of ether oxygens (including phenoxy) is 1. The Bertz CT molecular complexity index is 722. The third kappa shape index (κ3) is 2.24. The summed E-state index contributed by atoms with van der Waals surface area (Å²) in [5.41, 5.74) is 6.99. The molecule has 1 aliphatic heterocycles. The lowest BCUT2D eigenvalue weighted by atomic mass is 10.1.